The van der Waals surface area contributed by atoms with Gasteiger partial charge in [0.05, 0.1) is 17.7 Å². The molecule has 2 rings (SSSR count). The third kappa shape index (κ3) is 3.20. The fourth-order valence-corrected chi connectivity index (χ4v) is 2.80. The molecule has 2 heterocycles. The molecule has 1 aromatic heterocycles. The quantitative estimate of drug-likeness (QED) is 0.894. The molecule has 116 valence electrons. The van der Waals surface area contributed by atoms with Crippen molar-refractivity contribution in [3.8, 4) is 0 Å². The molecule has 1 aliphatic rings. The number of carboxylic acid groups (broad SMARTS) is 1. The number of carboxylic acids is 1. The fourth-order valence-electron chi connectivity index (χ4n) is 2.80. The minimum Gasteiger partial charge on any atom is -0.481 e. The largest absolute Gasteiger partial charge is 0.481 e. The van der Waals surface area contributed by atoms with E-state index >= 15 is 0 Å². The van der Waals surface area contributed by atoms with Crippen LogP contribution in [-0.4, -0.2) is 35.1 Å². The Morgan fingerprint density at radius 1 is 1.57 bits per heavy atom. The van der Waals surface area contributed by atoms with Gasteiger partial charge in [0.2, 0.25) is 0 Å². The molecular formula is C15H22N2O4. The number of hydrogen-bond donors (Lipinski definition) is 2. The lowest BCUT2D eigenvalue weighted by molar-refractivity contribution is -0.152. The van der Waals surface area contributed by atoms with Crippen molar-refractivity contribution in [1.29, 1.82) is 0 Å². The number of carbonyl (C=O) groups is 2. The van der Waals surface area contributed by atoms with Gasteiger partial charge < -0.3 is 19.7 Å². The first-order chi connectivity index (χ1) is 9.98. The minimum absolute atomic E-state index is 0.238. The standard InChI is InChI=1S/C15H22N2O4/c1-3-15(13(18)19)7-5-8-17(10-15)14(20)16-11(2)12-6-4-9-21-12/h4,6,9,11H,3,5,7-8,10H2,1-2H3,(H,16,20)(H,18,19). The van der Waals surface area contributed by atoms with Crippen LogP contribution in [0.5, 0.6) is 0 Å². The number of nitrogens with one attached hydrogen (secondary N) is 1. The zero-order chi connectivity index (χ0) is 15.5. The molecule has 2 atom stereocenters. The number of piperidine rings is 1. The number of likely N-dealkylation sites (tertiary alicyclic amines) is 1. The number of carbonyl (C=O) groups excluding carboxylic acids is 1. The van der Waals surface area contributed by atoms with Gasteiger partial charge in [-0.2, -0.15) is 0 Å². The van der Waals surface area contributed by atoms with Crippen LogP contribution < -0.4 is 5.32 Å². The summed E-state index contributed by atoms with van der Waals surface area (Å²) in [6.45, 7) is 4.55. The number of furan rings is 1. The Labute approximate surface area is 124 Å². The predicted octanol–water partition coefficient (Wildman–Crippen LogP) is 2.63. The molecule has 21 heavy (non-hydrogen) atoms. The average molecular weight is 294 g/mol. The second kappa shape index (κ2) is 6.20. The van der Waals surface area contributed by atoms with Gasteiger partial charge in [-0.25, -0.2) is 4.79 Å². The normalized spacial score (nSPS) is 23.6. The average Bonchev–Trinajstić information content (AvgIpc) is 3.01. The van der Waals surface area contributed by atoms with Gasteiger partial charge in [0.25, 0.3) is 0 Å². The van der Waals surface area contributed by atoms with Gasteiger partial charge in [0.1, 0.15) is 5.76 Å². The molecule has 6 heteroatoms. The van der Waals surface area contributed by atoms with Crippen LogP contribution >= 0.6 is 0 Å². The highest BCUT2D eigenvalue weighted by atomic mass is 16.4. The van der Waals surface area contributed by atoms with Gasteiger partial charge in [-0.3, -0.25) is 4.79 Å². The maximum Gasteiger partial charge on any atom is 0.318 e. The van der Waals surface area contributed by atoms with Crippen molar-refractivity contribution in [1.82, 2.24) is 10.2 Å². The van der Waals surface area contributed by atoms with Crippen molar-refractivity contribution in [3.05, 3.63) is 24.2 Å². The summed E-state index contributed by atoms with van der Waals surface area (Å²) >= 11 is 0. The molecule has 2 amide bonds. The number of nitrogens with zero attached hydrogens (tertiary/aromatic N) is 1. The molecule has 1 aromatic rings. The van der Waals surface area contributed by atoms with Crippen molar-refractivity contribution >= 4 is 12.0 Å². The molecule has 0 radical (unpaired) electrons. The third-order valence-electron chi connectivity index (χ3n) is 4.30. The molecule has 0 spiro atoms. The van der Waals surface area contributed by atoms with Crippen LogP contribution in [0.3, 0.4) is 0 Å². The Bertz CT molecular complexity index is 500. The highest BCUT2D eigenvalue weighted by Crippen LogP contribution is 2.33. The molecular weight excluding hydrogens is 272 g/mol. The van der Waals surface area contributed by atoms with Crippen LogP contribution in [0.4, 0.5) is 4.79 Å². The first-order valence-corrected chi connectivity index (χ1v) is 7.31. The van der Waals surface area contributed by atoms with Crippen molar-refractivity contribution in [2.45, 2.75) is 39.2 Å². The second-order valence-electron chi connectivity index (χ2n) is 5.65. The molecule has 0 aromatic carbocycles. The van der Waals surface area contributed by atoms with Gasteiger partial charge in [0.15, 0.2) is 0 Å². The number of aliphatic carboxylic acids is 1. The highest BCUT2D eigenvalue weighted by molar-refractivity contribution is 5.79. The van der Waals surface area contributed by atoms with Crippen LogP contribution in [0.15, 0.2) is 22.8 Å². The van der Waals surface area contributed by atoms with E-state index in [1.54, 1.807) is 23.3 Å². The van der Waals surface area contributed by atoms with E-state index in [1.165, 1.54) is 0 Å². The Balaban J connectivity index is 2.01. The van der Waals surface area contributed by atoms with Gasteiger partial charge >= 0.3 is 12.0 Å². The molecule has 2 unspecified atom stereocenters. The van der Waals surface area contributed by atoms with Crippen molar-refractivity contribution in [2.24, 2.45) is 5.41 Å². The van der Waals surface area contributed by atoms with Crippen LogP contribution in [-0.2, 0) is 4.79 Å². The summed E-state index contributed by atoms with van der Waals surface area (Å²) in [4.78, 5) is 25.4. The molecule has 0 aliphatic carbocycles. The number of urea groups is 1. The summed E-state index contributed by atoms with van der Waals surface area (Å²) in [5.74, 6) is -0.137. The SMILES string of the molecule is CCC1(C(=O)O)CCCN(C(=O)NC(C)c2ccco2)C1. The first kappa shape index (κ1) is 15.4. The van der Waals surface area contributed by atoms with E-state index in [2.05, 4.69) is 5.32 Å². The van der Waals surface area contributed by atoms with Gasteiger partial charge in [-0.15, -0.1) is 0 Å². The topological polar surface area (TPSA) is 82.8 Å². The van der Waals surface area contributed by atoms with Gasteiger partial charge in [-0.1, -0.05) is 6.92 Å². The lowest BCUT2D eigenvalue weighted by Gasteiger charge is -2.39. The smallest absolute Gasteiger partial charge is 0.318 e. The molecule has 6 nitrogen and oxygen atoms in total. The summed E-state index contributed by atoms with van der Waals surface area (Å²) in [5, 5.41) is 12.3. The van der Waals surface area contributed by atoms with Crippen molar-refractivity contribution < 1.29 is 19.1 Å². The zero-order valence-electron chi connectivity index (χ0n) is 12.5. The van der Waals surface area contributed by atoms with Gasteiger partial charge in [-0.05, 0) is 38.3 Å². The first-order valence-electron chi connectivity index (χ1n) is 7.31. The van der Waals surface area contributed by atoms with Crippen molar-refractivity contribution in [3.63, 3.8) is 0 Å². The number of hydrogen-bond acceptors (Lipinski definition) is 3. The van der Waals surface area contributed by atoms with E-state index in [0.717, 1.165) is 0 Å². The molecule has 1 aliphatic heterocycles. The minimum atomic E-state index is -0.818. The summed E-state index contributed by atoms with van der Waals surface area (Å²) in [6, 6.07) is 3.09. The van der Waals surface area contributed by atoms with Crippen LogP contribution in [0.1, 0.15) is 44.9 Å². The molecule has 1 saturated heterocycles. The van der Waals surface area contributed by atoms with Crippen LogP contribution in [0, 0.1) is 5.41 Å². The molecule has 0 saturated carbocycles. The van der Waals surface area contributed by atoms with E-state index in [0.29, 0.717) is 31.6 Å². The van der Waals surface area contributed by atoms with Crippen LogP contribution in [0.25, 0.3) is 0 Å². The summed E-state index contributed by atoms with van der Waals surface area (Å²) in [6.07, 6.45) is 3.42. The lowest BCUT2D eigenvalue weighted by atomic mass is 9.78. The van der Waals surface area contributed by atoms with E-state index in [-0.39, 0.29) is 18.6 Å². The fraction of sp³-hybridized carbons (Fsp3) is 0.600. The Morgan fingerprint density at radius 3 is 2.90 bits per heavy atom. The molecule has 0 bridgehead atoms. The van der Waals surface area contributed by atoms with E-state index in [9.17, 15) is 14.7 Å². The van der Waals surface area contributed by atoms with E-state index in [1.807, 2.05) is 13.8 Å². The summed E-state index contributed by atoms with van der Waals surface area (Å²) < 4.78 is 5.26. The Morgan fingerprint density at radius 2 is 2.33 bits per heavy atom. The maximum absolute atomic E-state index is 12.3. The summed E-state index contributed by atoms with van der Waals surface area (Å²) in [7, 11) is 0. The molecule has 1 fully saturated rings. The number of rotatable bonds is 4. The Kier molecular flexibility index (Phi) is 4.55. The molecule has 2 N–H and O–H groups in total. The monoisotopic (exact) mass is 294 g/mol. The zero-order valence-corrected chi connectivity index (χ0v) is 12.5. The van der Waals surface area contributed by atoms with E-state index < -0.39 is 11.4 Å². The van der Waals surface area contributed by atoms with Crippen LogP contribution in [0.2, 0.25) is 0 Å². The maximum atomic E-state index is 12.3. The van der Waals surface area contributed by atoms with Crippen molar-refractivity contribution in [2.75, 3.05) is 13.1 Å². The van der Waals surface area contributed by atoms with Gasteiger partial charge in [0, 0.05) is 13.1 Å². The van der Waals surface area contributed by atoms with E-state index in [4.69, 9.17) is 4.42 Å². The number of amides is 2. The summed E-state index contributed by atoms with van der Waals surface area (Å²) in [5.41, 5.74) is -0.816. The Hall–Kier alpha value is -1.98. The lowest BCUT2D eigenvalue weighted by Crippen LogP contribution is -2.52. The third-order valence-corrected chi connectivity index (χ3v) is 4.30. The second-order valence-corrected chi connectivity index (χ2v) is 5.65. The highest BCUT2D eigenvalue weighted by Gasteiger charge is 2.42. The predicted molar refractivity (Wildman–Crippen MR) is 76.8 cm³/mol.